The van der Waals surface area contributed by atoms with Crippen LogP contribution in [0.4, 0.5) is 0 Å². The smallest absolute Gasteiger partial charge is 0.347 e. The Morgan fingerprint density at radius 1 is 1.12 bits per heavy atom. The Hall–Kier alpha value is -1.10. The van der Waals surface area contributed by atoms with E-state index in [1.54, 1.807) is 0 Å². The maximum absolute atomic E-state index is 11.6. The second-order valence-corrected chi connectivity index (χ2v) is 4.45. The lowest BCUT2D eigenvalue weighted by Gasteiger charge is -2.23. The van der Waals surface area contributed by atoms with Crippen LogP contribution >= 0.6 is 0 Å². The third kappa shape index (κ3) is 4.73. The number of rotatable bonds is 4. The zero-order valence-corrected chi connectivity index (χ0v) is 10.3. The summed E-state index contributed by atoms with van der Waals surface area (Å²) in [4.78, 5) is 22.7. The van der Waals surface area contributed by atoms with Gasteiger partial charge in [-0.25, -0.2) is 9.59 Å². The van der Waals surface area contributed by atoms with Crippen molar-refractivity contribution in [2.45, 2.75) is 64.3 Å². The Bertz CT molecular complexity index is 268. The molecule has 0 spiro atoms. The molecule has 1 saturated carbocycles. The van der Waals surface area contributed by atoms with E-state index in [1.807, 2.05) is 0 Å². The topological polar surface area (TPSA) is 72.8 Å². The van der Waals surface area contributed by atoms with Crippen LogP contribution in [0.25, 0.3) is 0 Å². The van der Waals surface area contributed by atoms with Crippen LogP contribution in [-0.4, -0.2) is 35.4 Å². The first-order valence-corrected chi connectivity index (χ1v) is 6.09. The van der Waals surface area contributed by atoms with Crippen molar-refractivity contribution >= 4 is 11.9 Å². The van der Waals surface area contributed by atoms with Gasteiger partial charge in [0.25, 0.3) is 0 Å². The van der Waals surface area contributed by atoms with Gasteiger partial charge in [-0.15, -0.1) is 0 Å². The molecular weight excluding hydrogens is 224 g/mol. The van der Waals surface area contributed by atoms with Crippen molar-refractivity contribution in [1.82, 2.24) is 0 Å². The highest BCUT2D eigenvalue weighted by Crippen LogP contribution is 2.20. The SMILES string of the molecule is C[C@H](O)C(=O)O[C@@H](C)C(=O)OC1CCCCC1. The lowest BCUT2D eigenvalue weighted by molar-refractivity contribution is -0.175. The Balaban J connectivity index is 2.33. The zero-order chi connectivity index (χ0) is 12.8. The van der Waals surface area contributed by atoms with Crippen molar-refractivity contribution in [3.63, 3.8) is 0 Å². The van der Waals surface area contributed by atoms with E-state index in [-0.39, 0.29) is 6.10 Å². The highest BCUT2D eigenvalue weighted by atomic mass is 16.6. The van der Waals surface area contributed by atoms with Crippen molar-refractivity contribution in [3.05, 3.63) is 0 Å². The number of hydrogen-bond donors (Lipinski definition) is 1. The van der Waals surface area contributed by atoms with E-state index in [0.29, 0.717) is 0 Å². The van der Waals surface area contributed by atoms with Gasteiger partial charge in [-0.2, -0.15) is 0 Å². The lowest BCUT2D eigenvalue weighted by Crippen LogP contribution is -2.33. The Morgan fingerprint density at radius 3 is 2.24 bits per heavy atom. The van der Waals surface area contributed by atoms with Gasteiger partial charge in [0.1, 0.15) is 12.2 Å². The van der Waals surface area contributed by atoms with Crippen molar-refractivity contribution in [2.24, 2.45) is 0 Å². The third-order valence-corrected chi connectivity index (χ3v) is 2.80. The van der Waals surface area contributed by atoms with Gasteiger partial charge in [0.05, 0.1) is 0 Å². The molecule has 0 unspecified atom stereocenters. The molecule has 1 fully saturated rings. The summed E-state index contributed by atoms with van der Waals surface area (Å²) < 4.78 is 9.99. The first kappa shape index (κ1) is 14.0. The lowest BCUT2D eigenvalue weighted by atomic mass is 9.98. The standard InChI is InChI=1S/C12H20O5/c1-8(13)11(14)16-9(2)12(15)17-10-6-4-3-5-7-10/h8-10,13H,3-7H2,1-2H3/t8-,9-/m0/s1. The molecule has 0 bridgehead atoms. The zero-order valence-electron chi connectivity index (χ0n) is 10.3. The van der Waals surface area contributed by atoms with Crippen LogP contribution < -0.4 is 0 Å². The second-order valence-electron chi connectivity index (χ2n) is 4.45. The first-order chi connectivity index (χ1) is 8.00. The third-order valence-electron chi connectivity index (χ3n) is 2.80. The van der Waals surface area contributed by atoms with Crippen molar-refractivity contribution in [3.8, 4) is 0 Å². The number of aliphatic hydroxyl groups excluding tert-OH is 1. The summed E-state index contributed by atoms with van der Waals surface area (Å²) in [5.41, 5.74) is 0. The summed E-state index contributed by atoms with van der Waals surface area (Å²) in [6, 6.07) is 0. The van der Waals surface area contributed by atoms with Crippen LogP contribution in [0.1, 0.15) is 46.0 Å². The molecule has 1 N–H and O–H groups in total. The molecule has 0 amide bonds. The van der Waals surface area contributed by atoms with E-state index in [1.165, 1.54) is 20.3 Å². The normalized spacial score (nSPS) is 20.4. The molecule has 0 aromatic heterocycles. The summed E-state index contributed by atoms with van der Waals surface area (Å²) in [5.74, 6) is -1.34. The highest BCUT2D eigenvalue weighted by molar-refractivity contribution is 5.80. The molecule has 0 radical (unpaired) electrons. The molecule has 1 aliphatic carbocycles. The quantitative estimate of drug-likeness (QED) is 0.752. The second kappa shape index (κ2) is 6.59. The predicted octanol–water partition coefficient (Wildman–Crippen LogP) is 1.17. The van der Waals surface area contributed by atoms with Crippen molar-refractivity contribution in [2.75, 3.05) is 0 Å². The molecule has 5 heteroatoms. The Labute approximate surface area is 101 Å². The monoisotopic (exact) mass is 244 g/mol. The van der Waals surface area contributed by atoms with Crippen LogP contribution in [0.3, 0.4) is 0 Å². The van der Waals surface area contributed by atoms with Gasteiger partial charge in [0, 0.05) is 0 Å². The molecular formula is C12H20O5. The van der Waals surface area contributed by atoms with E-state index in [2.05, 4.69) is 0 Å². The average molecular weight is 244 g/mol. The summed E-state index contributed by atoms with van der Waals surface area (Å²) in [7, 11) is 0. The molecule has 0 aromatic carbocycles. The van der Waals surface area contributed by atoms with Crippen molar-refractivity contribution < 1.29 is 24.2 Å². The van der Waals surface area contributed by atoms with E-state index in [4.69, 9.17) is 14.6 Å². The average Bonchev–Trinajstić information content (AvgIpc) is 2.29. The van der Waals surface area contributed by atoms with Gasteiger partial charge < -0.3 is 14.6 Å². The molecule has 98 valence electrons. The van der Waals surface area contributed by atoms with Gasteiger partial charge in [0.2, 0.25) is 0 Å². The number of carbonyl (C=O) groups is 2. The number of carbonyl (C=O) groups excluding carboxylic acids is 2. The molecule has 0 aromatic rings. The molecule has 0 aliphatic heterocycles. The summed E-state index contributed by atoms with van der Waals surface area (Å²) >= 11 is 0. The molecule has 5 nitrogen and oxygen atoms in total. The van der Waals surface area contributed by atoms with E-state index in [9.17, 15) is 9.59 Å². The first-order valence-electron chi connectivity index (χ1n) is 6.09. The maximum atomic E-state index is 11.6. The fourth-order valence-corrected chi connectivity index (χ4v) is 1.76. The van der Waals surface area contributed by atoms with E-state index >= 15 is 0 Å². The molecule has 2 atom stereocenters. The molecule has 17 heavy (non-hydrogen) atoms. The van der Waals surface area contributed by atoms with Crippen LogP contribution in [-0.2, 0) is 19.1 Å². The van der Waals surface area contributed by atoms with Crippen LogP contribution in [0.5, 0.6) is 0 Å². The molecule has 0 heterocycles. The minimum atomic E-state index is -1.22. The number of esters is 2. The minimum Gasteiger partial charge on any atom is -0.460 e. The summed E-state index contributed by atoms with van der Waals surface area (Å²) in [6.07, 6.45) is 2.84. The Morgan fingerprint density at radius 2 is 1.71 bits per heavy atom. The predicted molar refractivity (Wildman–Crippen MR) is 60.2 cm³/mol. The fourth-order valence-electron chi connectivity index (χ4n) is 1.76. The Kier molecular flexibility index (Phi) is 5.41. The van der Waals surface area contributed by atoms with Crippen LogP contribution in [0.15, 0.2) is 0 Å². The van der Waals surface area contributed by atoms with E-state index in [0.717, 1.165) is 25.7 Å². The number of hydrogen-bond acceptors (Lipinski definition) is 5. The molecule has 0 saturated heterocycles. The highest BCUT2D eigenvalue weighted by Gasteiger charge is 2.25. The summed E-state index contributed by atoms with van der Waals surface area (Å²) in [6.45, 7) is 2.74. The molecule has 1 aliphatic rings. The summed E-state index contributed by atoms with van der Waals surface area (Å²) in [5, 5.41) is 8.95. The van der Waals surface area contributed by atoms with Gasteiger partial charge in [-0.1, -0.05) is 6.42 Å². The van der Waals surface area contributed by atoms with Gasteiger partial charge >= 0.3 is 11.9 Å². The number of ether oxygens (including phenoxy) is 2. The van der Waals surface area contributed by atoms with Gasteiger partial charge in [-0.3, -0.25) is 0 Å². The van der Waals surface area contributed by atoms with E-state index < -0.39 is 24.1 Å². The van der Waals surface area contributed by atoms with Crippen molar-refractivity contribution in [1.29, 1.82) is 0 Å². The maximum Gasteiger partial charge on any atom is 0.347 e. The largest absolute Gasteiger partial charge is 0.460 e. The molecule has 1 rings (SSSR count). The number of aliphatic hydroxyl groups is 1. The van der Waals surface area contributed by atoms with Crippen LogP contribution in [0, 0.1) is 0 Å². The fraction of sp³-hybridized carbons (Fsp3) is 0.833. The van der Waals surface area contributed by atoms with Crippen LogP contribution in [0.2, 0.25) is 0 Å². The van der Waals surface area contributed by atoms with Gasteiger partial charge in [0.15, 0.2) is 6.10 Å². The van der Waals surface area contributed by atoms with Gasteiger partial charge in [-0.05, 0) is 39.5 Å². The minimum absolute atomic E-state index is 0.0519.